The van der Waals surface area contributed by atoms with Crippen LogP contribution in [-0.4, -0.2) is 9.97 Å². The molecule has 0 spiro atoms. The number of hydrogen-bond donors (Lipinski definition) is 1. The van der Waals surface area contributed by atoms with Crippen LogP contribution in [0.1, 0.15) is 11.1 Å². The summed E-state index contributed by atoms with van der Waals surface area (Å²) >= 11 is 11.7. The Morgan fingerprint density at radius 3 is 1.80 bits per heavy atom. The van der Waals surface area contributed by atoms with Crippen LogP contribution in [0.25, 0.3) is 22.4 Å². The topological polar surface area (TPSA) is 28.7 Å². The second-order valence-electron chi connectivity index (χ2n) is 5.16. The zero-order valence-electron chi connectivity index (χ0n) is 11.9. The van der Waals surface area contributed by atoms with Gasteiger partial charge in [-0.25, -0.2) is 4.98 Å². The minimum absolute atomic E-state index is 0.0554. The van der Waals surface area contributed by atoms with E-state index >= 15 is 0 Å². The molecule has 0 aliphatic heterocycles. The number of fused-ring (bicyclic) bond motifs is 1. The first-order chi connectivity index (χ1) is 11.4. The van der Waals surface area contributed by atoms with Gasteiger partial charge >= 0.3 is 12.4 Å². The van der Waals surface area contributed by atoms with Crippen molar-refractivity contribution in [2.24, 2.45) is 0 Å². The molecule has 3 rings (SSSR count). The first-order valence-corrected chi connectivity index (χ1v) is 7.35. The van der Waals surface area contributed by atoms with E-state index in [1.807, 2.05) is 0 Å². The van der Waals surface area contributed by atoms with Crippen molar-refractivity contribution < 1.29 is 26.3 Å². The molecule has 1 heterocycles. The molecule has 0 bridgehead atoms. The van der Waals surface area contributed by atoms with E-state index in [1.165, 1.54) is 12.1 Å². The molecule has 0 radical (unpaired) electrons. The van der Waals surface area contributed by atoms with Crippen LogP contribution in [0.2, 0.25) is 10.0 Å². The van der Waals surface area contributed by atoms with Crippen LogP contribution in [0.5, 0.6) is 0 Å². The van der Waals surface area contributed by atoms with Crippen LogP contribution in [0, 0.1) is 0 Å². The molecular formula is C15H6Cl2F6N2. The summed E-state index contributed by atoms with van der Waals surface area (Å²) in [4.78, 5) is 6.65. The van der Waals surface area contributed by atoms with Crippen molar-refractivity contribution in [1.29, 1.82) is 0 Å². The van der Waals surface area contributed by atoms with Gasteiger partial charge in [0.15, 0.2) is 0 Å². The lowest BCUT2D eigenvalue weighted by Gasteiger charge is -2.13. The van der Waals surface area contributed by atoms with Gasteiger partial charge in [0.05, 0.1) is 32.2 Å². The molecule has 25 heavy (non-hydrogen) atoms. The Hall–Kier alpha value is -1.93. The van der Waals surface area contributed by atoms with Crippen LogP contribution in [0.15, 0.2) is 30.3 Å². The fraction of sp³-hybridized carbons (Fsp3) is 0.133. The number of H-pyrrole nitrogens is 1. The lowest BCUT2D eigenvalue weighted by Crippen LogP contribution is -2.11. The van der Waals surface area contributed by atoms with E-state index in [0.717, 1.165) is 0 Å². The summed E-state index contributed by atoms with van der Waals surface area (Å²) < 4.78 is 77.6. The van der Waals surface area contributed by atoms with E-state index in [0.29, 0.717) is 17.6 Å². The van der Waals surface area contributed by atoms with E-state index < -0.39 is 23.5 Å². The summed E-state index contributed by atoms with van der Waals surface area (Å²) in [5.74, 6) is -0.162. The summed E-state index contributed by atoms with van der Waals surface area (Å²) in [6, 6.07) is 3.98. The van der Waals surface area contributed by atoms with E-state index in [9.17, 15) is 26.3 Å². The molecule has 0 amide bonds. The Kier molecular flexibility index (Phi) is 4.15. The van der Waals surface area contributed by atoms with Crippen molar-refractivity contribution in [1.82, 2.24) is 9.97 Å². The minimum Gasteiger partial charge on any atom is -0.338 e. The molecule has 0 unspecified atom stereocenters. The number of nitrogens with zero attached hydrogens (tertiary/aromatic N) is 1. The summed E-state index contributed by atoms with van der Waals surface area (Å²) in [5.41, 5.74) is -2.61. The third kappa shape index (κ3) is 3.55. The molecule has 0 saturated heterocycles. The fourth-order valence-corrected chi connectivity index (χ4v) is 2.55. The Morgan fingerprint density at radius 1 is 0.760 bits per heavy atom. The summed E-state index contributed by atoms with van der Waals surface area (Å²) in [5, 5.41) is 0.330. The van der Waals surface area contributed by atoms with Crippen molar-refractivity contribution in [3.8, 4) is 11.4 Å². The molecule has 132 valence electrons. The maximum Gasteiger partial charge on any atom is 0.416 e. The molecule has 0 aliphatic rings. The number of alkyl halides is 6. The van der Waals surface area contributed by atoms with Gasteiger partial charge in [-0.15, -0.1) is 0 Å². The SMILES string of the molecule is FC(F)(F)c1cc(-c2nc3cc(Cl)c(Cl)cc3[nH]2)cc(C(F)(F)F)c1. The van der Waals surface area contributed by atoms with E-state index in [4.69, 9.17) is 23.2 Å². The number of halogens is 8. The fourth-order valence-electron chi connectivity index (χ4n) is 2.23. The highest BCUT2D eigenvalue weighted by Gasteiger charge is 2.37. The number of hydrogen-bond acceptors (Lipinski definition) is 1. The first-order valence-electron chi connectivity index (χ1n) is 6.60. The van der Waals surface area contributed by atoms with Crippen molar-refractivity contribution in [3.63, 3.8) is 0 Å². The molecule has 1 N–H and O–H groups in total. The van der Waals surface area contributed by atoms with Gasteiger partial charge in [0.1, 0.15) is 5.82 Å². The van der Waals surface area contributed by atoms with E-state index in [2.05, 4.69) is 9.97 Å². The lowest BCUT2D eigenvalue weighted by molar-refractivity contribution is -0.143. The number of rotatable bonds is 1. The minimum atomic E-state index is -4.94. The highest BCUT2D eigenvalue weighted by atomic mass is 35.5. The maximum absolute atomic E-state index is 12.9. The zero-order valence-corrected chi connectivity index (χ0v) is 13.4. The molecular weight excluding hydrogens is 393 g/mol. The Bertz CT molecular complexity index is 888. The van der Waals surface area contributed by atoms with Crippen molar-refractivity contribution >= 4 is 34.2 Å². The smallest absolute Gasteiger partial charge is 0.338 e. The van der Waals surface area contributed by atoms with Crippen LogP contribution < -0.4 is 0 Å². The Morgan fingerprint density at radius 2 is 1.28 bits per heavy atom. The molecule has 0 aliphatic carbocycles. The molecule has 3 aromatic rings. The van der Waals surface area contributed by atoms with Gasteiger partial charge in [-0.2, -0.15) is 26.3 Å². The highest BCUT2D eigenvalue weighted by molar-refractivity contribution is 6.42. The monoisotopic (exact) mass is 398 g/mol. The Labute approximate surface area is 146 Å². The van der Waals surface area contributed by atoms with Gasteiger partial charge in [0.25, 0.3) is 0 Å². The molecule has 0 atom stereocenters. The van der Waals surface area contributed by atoms with Crippen molar-refractivity contribution in [3.05, 3.63) is 51.5 Å². The van der Waals surface area contributed by atoms with Gasteiger partial charge in [-0.1, -0.05) is 23.2 Å². The van der Waals surface area contributed by atoms with Crippen LogP contribution in [0.3, 0.4) is 0 Å². The van der Waals surface area contributed by atoms with E-state index in [1.54, 1.807) is 0 Å². The van der Waals surface area contributed by atoms with Crippen LogP contribution >= 0.6 is 23.2 Å². The van der Waals surface area contributed by atoms with E-state index in [-0.39, 0.29) is 33.0 Å². The number of aromatic amines is 1. The number of nitrogens with one attached hydrogen (secondary N) is 1. The summed E-state index contributed by atoms with van der Waals surface area (Å²) in [6.07, 6.45) is -9.87. The standard InChI is InChI=1S/C15H6Cl2F6N2/c16-9-4-11-12(5-10(9)17)25-13(24-11)6-1-7(14(18,19)20)3-8(2-6)15(21,22)23/h1-5H,(H,24,25). The number of benzene rings is 2. The quantitative estimate of drug-likeness (QED) is 0.461. The van der Waals surface area contributed by atoms with Gasteiger partial charge in [0, 0.05) is 5.56 Å². The van der Waals surface area contributed by atoms with Gasteiger partial charge in [0.2, 0.25) is 0 Å². The Balaban J connectivity index is 2.22. The number of imidazole rings is 1. The van der Waals surface area contributed by atoms with Gasteiger partial charge in [-0.05, 0) is 30.3 Å². The summed E-state index contributed by atoms with van der Waals surface area (Å²) in [6.45, 7) is 0. The predicted octanol–water partition coefficient (Wildman–Crippen LogP) is 6.57. The average Bonchev–Trinajstić information content (AvgIpc) is 2.88. The molecule has 2 nitrogen and oxygen atoms in total. The van der Waals surface area contributed by atoms with Gasteiger partial charge in [-0.3, -0.25) is 0 Å². The average molecular weight is 399 g/mol. The number of aromatic nitrogens is 2. The molecule has 2 aromatic carbocycles. The van der Waals surface area contributed by atoms with Crippen LogP contribution in [0.4, 0.5) is 26.3 Å². The predicted molar refractivity (Wildman–Crippen MR) is 81.6 cm³/mol. The van der Waals surface area contributed by atoms with Crippen molar-refractivity contribution in [2.75, 3.05) is 0 Å². The van der Waals surface area contributed by atoms with Crippen molar-refractivity contribution in [2.45, 2.75) is 12.4 Å². The normalized spacial score (nSPS) is 12.8. The molecule has 0 fully saturated rings. The zero-order chi connectivity index (χ0) is 18.6. The molecule has 1 aromatic heterocycles. The second kappa shape index (κ2) is 5.81. The van der Waals surface area contributed by atoms with Crippen LogP contribution in [-0.2, 0) is 12.4 Å². The third-order valence-corrected chi connectivity index (χ3v) is 4.11. The molecule has 10 heteroatoms. The van der Waals surface area contributed by atoms with Gasteiger partial charge < -0.3 is 4.98 Å². The maximum atomic E-state index is 12.9. The first kappa shape index (κ1) is 17.9. The second-order valence-corrected chi connectivity index (χ2v) is 5.98. The largest absolute Gasteiger partial charge is 0.416 e. The highest BCUT2D eigenvalue weighted by Crippen LogP contribution is 2.38. The lowest BCUT2D eigenvalue weighted by atomic mass is 10.0. The summed E-state index contributed by atoms with van der Waals surface area (Å²) in [7, 11) is 0. The molecule has 0 saturated carbocycles. The third-order valence-electron chi connectivity index (χ3n) is 3.39.